The second-order valence-corrected chi connectivity index (χ2v) is 5.08. The zero-order valence-corrected chi connectivity index (χ0v) is 11.8. The molecule has 0 fully saturated rings. The number of urea groups is 1. The van der Waals surface area contributed by atoms with E-state index < -0.39 is 18.0 Å². The monoisotopic (exact) mass is 287 g/mol. The third-order valence-corrected chi connectivity index (χ3v) is 3.07. The van der Waals surface area contributed by atoms with Gasteiger partial charge >= 0.3 is 12.0 Å². The maximum absolute atomic E-state index is 11.9. The van der Waals surface area contributed by atoms with Crippen molar-refractivity contribution in [1.29, 1.82) is 0 Å². The largest absolute Gasteiger partial charge is 0.480 e. The number of nitrogens with zero attached hydrogens (tertiary/aromatic N) is 1. The Balaban J connectivity index is 2.08. The first-order valence-corrected chi connectivity index (χ1v) is 6.62. The molecular weight excluding hydrogens is 270 g/mol. The summed E-state index contributed by atoms with van der Waals surface area (Å²) >= 11 is 0. The highest BCUT2D eigenvalue weighted by molar-refractivity contribution is 5.94. The van der Waals surface area contributed by atoms with Gasteiger partial charge in [-0.1, -0.05) is 32.0 Å². The third kappa shape index (κ3) is 3.68. The lowest BCUT2D eigenvalue weighted by atomic mass is 10.1. The Morgan fingerprint density at radius 3 is 2.62 bits per heavy atom. The lowest BCUT2D eigenvalue weighted by molar-refractivity contribution is -0.140. The molecule has 2 rings (SSSR count). The lowest BCUT2D eigenvalue weighted by Crippen LogP contribution is -2.46. The topological polar surface area (TPSA) is 91.3 Å². The van der Waals surface area contributed by atoms with Crippen LogP contribution in [0.3, 0.4) is 0 Å². The van der Waals surface area contributed by atoms with Crippen molar-refractivity contribution in [3.63, 3.8) is 0 Å². The minimum absolute atomic E-state index is 0.206. The molecule has 0 unspecified atom stereocenters. The summed E-state index contributed by atoms with van der Waals surface area (Å²) in [4.78, 5) is 27.1. The van der Waals surface area contributed by atoms with E-state index in [0.29, 0.717) is 5.69 Å². The van der Waals surface area contributed by atoms with Crippen LogP contribution in [0.5, 0.6) is 0 Å². The number of fused-ring (bicyclic) bond motifs is 1. The average molecular weight is 287 g/mol. The maximum Gasteiger partial charge on any atom is 0.326 e. The number of amides is 2. The number of carbonyl (C=O) groups excluding carboxylic acids is 1. The van der Waals surface area contributed by atoms with Crippen LogP contribution in [0, 0.1) is 5.92 Å². The fourth-order valence-electron chi connectivity index (χ4n) is 1.96. The zero-order valence-electron chi connectivity index (χ0n) is 11.8. The second kappa shape index (κ2) is 6.21. The van der Waals surface area contributed by atoms with Crippen molar-refractivity contribution in [3.05, 3.63) is 36.5 Å². The van der Waals surface area contributed by atoms with Gasteiger partial charge in [-0.25, -0.2) is 9.59 Å². The van der Waals surface area contributed by atoms with Gasteiger partial charge in [0.25, 0.3) is 0 Å². The number of carboxylic acid groups (broad SMARTS) is 1. The highest BCUT2D eigenvalue weighted by Gasteiger charge is 2.23. The molecule has 6 nitrogen and oxygen atoms in total. The number of aliphatic carboxylic acids is 1. The molecule has 3 N–H and O–H groups in total. The molecular formula is C15H17N3O3. The van der Waals surface area contributed by atoms with Crippen molar-refractivity contribution in [3.8, 4) is 0 Å². The molecule has 1 atom stereocenters. The van der Waals surface area contributed by atoms with E-state index in [9.17, 15) is 9.59 Å². The minimum Gasteiger partial charge on any atom is -0.480 e. The fraction of sp³-hybridized carbons (Fsp3) is 0.267. The van der Waals surface area contributed by atoms with E-state index in [2.05, 4.69) is 15.6 Å². The number of para-hydroxylation sites is 1. The van der Waals surface area contributed by atoms with Gasteiger partial charge in [0.2, 0.25) is 0 Å². The fourth-order valence-corrected chi connectivity index (χ4v) is 1.96. The zero-order chi connectivity index (χ0) is 15.4. The van der Waals surface area contributed by atoms with Gasteiger partial charge < -0.3 is 15.7 Å². The van der Waals surface area contributed by atoms with Gasteiger partial charge in [0.1, 0.15) is 6.04 Å². The molecule has 2 aromatic rings. The molecule has 110 valence electrons. The SMILES string of the molecule is CC(C)[C@@H](NC(=O)Nc1cnc2ccccc2c1)C(=O)O. The molecule has 0 saturated carbocycles. The van der Waals surface area contributed by atoms with Gasteiger partial charge in [0, 0.05) is 5.39 Å². The Bertz CT molecular complexity index is 670. The summed E-state index contributed by atoms with van der Waals surface area (Å²) in [5.74, 6) is -1.26. The summed E-state index contributed by atoms with van der Waals surface area (Å²) in [6, 6.07) is 7.82. The molecule has 0 saturated heterocycles. The van der Waals surface area contributed by atoms with Crippen LogP contribution in [0.15, 0.2) is 36.5 Å². The number of aromatic nitrogens is 1. The van der Waals surface area contributed by atoms with Gasteiger partial charge in [-0.15, -0.1) is 0 Å². The molecule has 1 aromatic carbocycles. The number of hydrogen-bond donors (Lipinski definition) is 3. The molecule has 2 amide bonds. The van der Waals surface area contributed by atoms with Crippen LogP contribution < -0.4 is 10.6 Å². The summed E-state index contributed by atoms with van der Waals surface area (Å²) in [6.07, 6.45) is 1.53. The molecule has 0 aliphatic heterocycles. The predicted octanol–water partition coefficient (Wildman–Crippen LogP) is 2.47. The standard InChI is InChI=1S/C15H17N3O3/c1-9(2)13(14(19)20)18-15(21)17-11-7-10-5-3-4-6-12(10)16-8-11/h3-9,13H,1-2H3,(H,19,20)(H2,17,18,21)/t13-/m1/s1. The molecule has 0 aliphatic rings. The normalized spacial score (nSPS) is 12.1. The van der Waals surface area contributed by atoms with E-state index in [4.69, 9.17) is 5.11 Å². The summed E-state index contributed by atoms with van der Waals surface area (Å²) in [5, 5.41) is 15.0. The molecule has 6 heteroatoms. The van der Waals surface area contributed by atoms with Crippen molar-refractivity contribution >= 4 is 28.6 Å². The number of carboxylic acids is 1. The van der Waals surface area contributed by atoms with Gasteiger partial charge in [-0.05, 0) is 18.1 Å². The molecule has 0 spiro atoms. The molecule has 1 heterocycles. The van der Waals surface area contributed by atoms with E-state index in [0.717, 1.165) is 10.9 Å². The van der Waals surface area contributed by atoms with Crippen LogP contribution in [-0.2, 0) is 4.79 Å². The number of carbonyl (C=O) groups is 2. The van der Waals surface area contributed by atoms with Crippen LogP contribution in [-0.4, -0.2) is 28.1 Å². The highest BCUT2D eigenvalue weighted by Crippen LogP contribution is 2.16. The summed E-state index contributed by atoms with van der Waals surface area (Å²) < 4.78 is 0. The summed E-state index contributed by atoms with van der Waals surface area (Å²) in [5.41, 5.74) is 1.34. The first kappa shape index (κ1) is 14.8. The van der Waals surface area contributed by atoms with Crippen molar-refractivity contribution in [2.45, 2.75) is 19.9 Å². The predicted molar refractivity (Wildman–Crippen MR) is 80.2 cm³/mol. The smallest absolute Gasteiger partial charge is 0.326 e. The quantitative estimate of drug-likeness (QED) is 0.805. The molecule has 1 aromatic heterocycles. The number of pyridine rings is 1. The summed E-state index contributed by atoms with van der Waals surface area (Å²) in [7, 11) is 0. The van der Waals surface area contributed by atoms with Gasteiger partial charge in [-0.3, -0.25) is 4.98 Å². The summed E-state index contributed by atoms with van der Waals surface area (Å²) in [6.45, 7) is 3.47. The number of rotatable bonds is 4. The van der Waals surface area contributed by atoms with Crippen LogP contribution in [0.25, 0.3) is 10.9 Å². The van der Waals surface area contributed by atoms with Crippen LogP contribution in [0.4, 0.5) is 10.5 Å². The number of hydrogen-bond acceptors (Lipinski definition) is 3. The first-order valence-electron chi connectivity index (χ1n) is 6.62. The second-order valence-electron chi connectivity index (χ2n) is 5.08. The average Bonchev–Trinajstić information content (AvgIpc) is 2.44. The molecule has 0 aliphatic carbocycles. The van der Waals surface area contributed by atoms with E-state index >= 15 is 0 Å². The Morgan fingerprint density at radius 2 is 1.95 bits per heavy atom. The first-order chi connectivity index (χ1) is 9.97. The van der Waals surface area contributed by atoms with Crippen LogP contribution >= 0.6 is 0 Å². The van der Waals surface area contributed by atoms with Gasteiger partial charge in [-0.2, -0.15) is 0 Å². The Kier molecular flexibility index (Phi) is 4.37. The van der Waals surface area contributed by atoms with Crippen molar-refractivity contribution < 1.29 is 14.7 Å². The van der Waals surface area contributed by atoms with E-state index in [-0.39, 0.29) is 5.92 Å². The Labute approximate surface area is 122 Å². The molecule has 0 radical (unpaired) electrons. The molecule has 0 bridgehead atoms. The van der Waals surface area contributed by atoms with E-state index in [1.165, 1.54) is 6.20 Å². The van der Waals surface area contributed by atoms with E-state index in [1.807, 2.05) is 24.3 Å². The molecule has 21 heavy (non-hydrogen) atoms. The van der Waals surface area contributed by atoms with Crippen molar-refractivity contribution in [1.82, 2.24) is 10.3 Å². The van der Waals surface area contributed by atoms with Gasteiger partial charge in [0.05, 0.1) is 17.4 Å². The Morgan fingerprint density at radius 1 is 1.24 bits per heavy atom. The van der Waals surface area contributed by atoms with Crippen LogP contribution in [0.1, 0.15) is 13.8 Å². The van der Waals surface area contributed by atoms with Gasteiger partial charge in [0.15, 0.2) is 0 Å². The lowest BCUT2D eigenvalue weighted by Gasteiger charge is -2.18. The Hall–Kier alpha value is -2.63. The number of benzene rings is 1. The van der Waals surface area contributed by atoms with Crippen molar-refractivity contribution in [2.24, 2.45) is 5.92 Å². The minimum atomic E-state index is -1.06. The maximum atomic E-state index is 11.9. The van der Waals surface area contributed by atoms with E-state index in [1.54, 1.807) is 19.9 Å². The van der Waals surface area contributed by atoms with Crippen LogP contribution in [0.2, 0.25) is 0 Å². The third-order valence-electron chi connectivity index (χ3n) is 3.07. The van der Waals surface area contributed by atoms with Crippen molar-refractivity contribution in [2.75, 3.05) is 5.32 Å². The number of anilines is 1. The highest BCUT2D eigenvalue weighted by atomic mass is 16.4. The number of nitrogens with one attached hydrogen (secondary N) is 2.